The molecule has 92 valence electrons. The lowest BCUT2D eigenvalue weighted by molar-refractivity contribution is -0.139. The van der Waals surface area contributed by atoms with Gasteiger partial charge in [0.05, 0.1) is 5.52 Å². The second-order valence-electron chi connectivity index (χ2n) is 4.39. The van der Waals surface area contributed by atoms with Gasteiger partial charge in [-0.05, 0) is 11.6 Å². The molecule has 2 heterocycles. The Labute approximate surface area is 103 Å². The number of fused-ring (bicyclic) bond motifs is 3. The standard InChI is InChI=1S/C13H12N2O3/c16-7-15-11-4-2-1-3-8(11)9-5-10(13(17)18)14-6-12(9)15/h1-4,7,10,14H,5-6H2,(H,17,18)/t10-/m1/s1. The average molecular weight is 244 g/mol. The van der Waals surface area contributed by atoms with E-state index in [1.807, 2.05) is 24.3 Å². The van der Waals surface area contributed by atoms with Crippen LogP contribution in [0.3, 0.4) is 0 Å². The first-order chi connectivity index (χ1) is 8.72. The number of carbonyl (C=O) groups excluding carboxylic acids is 1. The lowest BCUT2D eigenvalue weighted by atomic mass is 9.99. The molecule has 1 aliphatic heterocycles. The summed E-state index contributed by atoms with van der Waals surface area (Å²) in [6.07, 6.45) is 1.19. The Morgan fingerprint density at radius 3 is 2.94 bits per heavy atom. The van der Waals surface area contributed by atoms with Gasteiger partial charge in [-0.3, -0.25) is 19.5 Å². The number of benzene rings is 1. The Morgan fingerprint density at radius 1 is 1.44 bits per heavy atom. The Kier molecular flexibility index (Phi) is 2.41. The second-order valence-corrected chi connectivity index (χ2v) is 4.39. The van der Waals surface area contributed by atoms with Crippen LogP contribution in [0.5, 0.6) is 0 Å². The van der Waals surface area contributed by atoms with Gasteiger partial charge in [0.25, 0.3) is 0 Å². The van der Waals surface area contributed by atoms with Crippen LogP contribution >= 0.6 is 0 Å². The van der Waals surface area contributed by atoms with E-state index in [4.69, 9.17) is 5.11 Å². The maximum atomic E-state index is 11.2. The highest BCUT2D eigenvalue weighted by Gasteiger charge is 2.28. The second kappa shape index (κ2) is 3.96. The van der Waals surface area contributed by atoms with Crippen LogP contribution in [-0.2, 0) is 22.6 Å². The topological polar surface area (TPSA) is 71.3 Å². The van der Waals surface area contributed by atoms with Gasteiger partial charge in [0.2, 0.25) is 6.41 Å². The minimum atomic E-state index is -0.858. The first-order valence-electron chi connectivity index (χ1n) is 5.74. The molecule has 1 aliphatic rings. The molecule has 0 amide bonds. The molecule has 0 saturated heterocycles. The lowest BCUT2D eigenvalue weighted by Crippen LogP contribution is -2.42. The Hall–Kier alpha value is -2.14. The van der Waals surface area contributed by atoms with Crippen molar-refractivity contribution in [3.8, 4) is 0 Å². The van der Waals surface area contributed by atoms with Crippen molar-refractivity contribution >= 4 is 23.3 Å². The van der Waals surface area contributed by atoms with Crippen molar-refractivity contribution in [3.63, 3.8) is 0 Å². The highest BCUT2D eigenvalue weighted by molar-refractivity contribution is 5.91. The fraction of sp³-hybridized carbons (Fsp3) is 0.231. The van der Waals surface area contributed by atoms with E-state index in [0.717, 1.165) is 28.6 Å². The number of nitrogens with zero attached hydrogens (tertiary/aromatic N) is 1. The van der Waals surface area contributed by atoms with E-state index in [1.54, 1.807) is 4.57 Å². The molecule has 0 radical (unpaired) electrons. The molecule has 1 atom stereocenters. The van der Waals surface area contributed by atoms with E-state index in [1.165, 1.54) is 0 Å². The fourth-order valence-electron chi connectivity index (χ4n) is 2.60. The number of carboxylic acid groups (broad SMARTS) is 1. The number of carbonyl (C=O) groups is 2. The van der Waals surface area contributed by atoms with Crippen molar-refractivity contribution in [2.45, 2.75) is 19.0 Å². The van der Waals surface area contributed by atoms with Crippen molar-refractivity contribution < 1.29 is 14.7 Å². The third-order valence-electron chi connectivity index (χ3n) is 3.46. The van der Waals surface area contributed by atoms with Crippen molar-refractivity contribution in [2.75, 3.05) is 0 Å². The predicted octanol–water partition coefficient (Wildman–Crippen LogP) is 0.778. The molecular formula is C13H12N2O3. The van der Waals surface area contributed by atoms with Crippen LogP contribution in [0.15, 0.2) is 24.3 Å². The molecule has 1 aromatic heterocycles. The Bertz CT molecular complexity index is 645. The van der Waals surface area contributed by atoms with Gasteiger partial charge in [0.1, 0.15) is 6.04 Å². The van der Waals surface area contributed by atoms with Crippen LogP contribution in [-0.4, -0.2) is 28.1 Å². The summed E-state index contributed by atoms with van der Waals surface area (Å²) in [7, 11) is 0. The Morgan fingerprint density at radius 2 is 2.22 bits per heavy atom. The lowest BCUT2D eigenvalue weighted by Gasteiger charge is -2.21. The van der Waals surface area contributed by atoms with Gasteiger partial charge in [-0.2, -0.15) is 0 Å². The molecule has 2 N–H and O–H groups in total. The number of hydrogen-bond acceptors (Lipinski definition) is 3. The molecule has 0 aliphatic carbocycles. The average Bonchev–Trinajstić information content (AvgIpc) is 2.71. The van der Waals surface area contributed by atoms with Gasteiger partial charge in [-0.15, -0.1) is 0 Å². The summed E-state index contributed by atoms with van der Waals surface area (Å²) in [5.74, 6) is -0.858. The monoisotopic (exact) mass is 244 g/mol. The molecule has 5 nitrogen and oxygen atoms in total. The van der Waals surface area contributed by atoms with Crippen LogP contribution in [0.2, 0.25) is 0 Å². The van der Waals surface area contributed by atoms with Crippen LogP contribution in [0.25, 0.3) is 10.9 Å². The van der Waals surface area contributed by atoms with E-state index in [9.17, 15) is 9.59 Å². The van der Waals surface area contributed by atoms with Crippen LogP contribution < -0.4 is 5.32 Å². The number of carboxylic acids is 1. The molecule has 0 unspecified atom stereocenters. The summed E-state index contributed by atoms with van der Waals surface area (Å²) in [5.41, 5.74) is 2.66. The number of para-hydroxylation sites is 1. The molecule has 0 saturated carbocycles. The molecule has 3 rings (SSSR count). The van der Waals surface area contributed by atoms with Gasteiger partial charge >= 0.3 is 5.97 Å². The molecule has 18 heavy (non-hydrogen) atoms. The van der Waals surface area contributed by atoms with E-state index < -0.39 is 12.0 Å². The minimum Gasteiger partial charge on any atom is -0.480 e. The zero-order valence-corrected chi connectivity index (χ0v) is 9.59. The molecule has 0 bridgehead atoms. The summed E-state index contributed by atoms with van der Waals surface area (Å²) >= 11 is 0. The van der Waals surface area contributed by atoms with E-state index in [0.29, 0.717) is 13.0 Å². The number of aromatic nitrogens is 1. The number of rotatable bonds is 2. The maximum absolute atomic E-state index is 11.2. The Balaban J connectivity index is 2.22. The predicted molar refractivity (Wildman–Crippen MR) is 66.1 cm³/mol. The summed E-state index contributed by atoms with van der Waals surface area (Å²) in [6.45, 7) is 0.402. The highest BCUT2D eigenvalue weighted by atomic mass is 16.4. The molecular weight excluding hydrogens is 232 g/mol. The summed E-state index contributed by atoms with van der Waals surface area (Å²) in [5, 5.41) is 13.0. The van der Waals surface area contributed by atoms with Gasteiger partial charge in [-0.25, -0.2) is 0 Å². The van der Waals surface area contributed by atoms with E-state index in [-0.39, 0.29) is 0 Å². The molecule has 5 heteroatoms. The normalized spacial score (nSPS) is 18.6. The van der Waals surface area contributed by atoms with Gasteiger partial charge in [0.15, 0.2) is 0 Å². The zero-order chi connectivity index (χ0) is 12.7. The van der Waals surface area contributed by atoms with Gasteiger partial charge < -0.3 is 5.11 Å². The number of hydrogen-bond donors (Lipinski definition) is 2. The summed E-state index contributed by atoms with van der Waals surface area (Å²) in [6, 6.07) is 6.99. The van der Waals surface area contributed by atoms with Crippen molar-refractivity contribution in [2.24, 2.45) is 0 Å². The molecule has 0 spiro atoms. The largest absolute Gasteiger partial charge is 0.480 e. The van der Waals surface area contributed by atoms with Crippen molar-refractivity contribution in [1.82, 2.24) is 9.88 Å². The van der Waals surface area contributed by atoms with Crippen LogP contribution in [0.1, 0.15) is 11.3 Å². The smallest absolute Gasteiger partial charge is 0.321 e. The molecule has 0 fully saturated rings. The van der Waals surface area contributed by atoms with Gasteiger partial charge in [-0.1, -0.05) is 18.2 Å². The van der Waals surface area contributed by atoms with Crippen molar-refractivity contribution in [3.05, 3.63) is 35.5 Å². The van der Waals surface area contributed by atoms with Crippen LogP contribution in [0.4, 0.5) is 0 Å². The van der Waals surface area contributed by atoms with E-state index in [2.05, 4.69) is 5.32 Å². The highest BCUT2D eigenvalue weighted by Crippen LogP contribution is 2.28. The van der Waals surface area contributed by atoms with Crippen molar-refractivity contribution in [1.29, 1.82) is 0 Å². The summed E-state index contributed by atoms with van der Waals surface area (Å²) in [4.78, 5) is 22.2. The third kappa shape index (κ3) is 1.44. The zero-order valence-electron chi connectivity index (χ0n) is 9.59. The minimum absolute atomic E-state index is 0.402. The van der Waals surface area contributed by atoms with Gasteiger partial charge in [0, 0.05) is 24.0 Å². The SMILES string of the molecule is O=Cn1c2c(c3ccccc31)C[C@H](C(=O)O)NC2. The molecule has 1 aromatic carbocycles. The number of nitrogens with one attached hydrogen (secondary N) is 1. The number of aliphatic carboxylic acids is 1. The van der Waals surface area contributed by atoms with Crippen LogP contribution in [0, 0.1) is 0 Å². The first kappa shape index (κ1) is 11.0. The third-order valence-corrected chi connectivity index (χ3v) is 3.46. The quantitative estimate of drug-likeness (QED) is 0.766. The molecule has 2 aromatic rings. The fourth-order valence-corrected chi connectivity index (χ4v) is 2.60. The van der Waals surface area contributed by atoms with E-state index >= 15 is 0 Å². The summed E-state index contributed by atoms with van der Waals surface area (Å²) < 4.78 is 1.59. The first-order valence-corrected chi connectivity index (χ1v) is 5.74. The maximum Gasteiger partial charge on any atom is 0.321 e.